The molecule has 1 rings (SSSR count). The molecule has 1 aliphatic rings. The van der Waals surface area contributed by atoms with E-state index >= 15 is 0 Å². The van der Waals surface area contributed by atoms with E-state index in [4.69, 9.17) is 5.11 Å². The largest absolute Gasteiger partial charge is 0.480 e. The van der Waals surface area contributed by atoms with Crippen molar-refractivity contribution in [2.24, 2.45) is 5.41 Å². The van der Waals surface area contributed by atoms with E-state index in [0.717, 1.165) is 0 Å². The van der Waals surface area contributed by atoms with Crippen LogP contribution in [0.25, 0.3) is 0 Å². The number of hydrogen-bond donors (Lipinski definition) is 1. The van der Waals surface area contributed by atoms with Crippen LogP contribution in [0.3, 0.4) is 0 Å². The van der Waals surface area contributed by atoms with Crippen molar-refractivity contribution < 1.29 is 19.4 Å². The molecule has 0 spiro atoms. The molecular formula is C8H10O4. The van der Waals surface area contributed by atoms with Crippen LogP contribution >= 0.6 is 0 Å². The Kier molecular flexibility index (Phi) is 1.71. The number of ether oxygens (including phenoxy) is 1. The Morgan fingerprint density at radius 2 is 1.75 bits per heavy atom. The van der Waals surface area contributed by atoms with Gasteiger partial charge in [0.2, 0.25) is 5.41 Å². The number of carbonyl (C=O) groups is 2. The molecule has 0 aromatic heterocycles. The van der Waals surface area contributed by atoms with Crippen LogP contribution in [0.1, 0.15) is 13.8 Å². The Bertz CT molecular complexity index is 275. The Labute approximate surface area is 69.8 Å². The fourth-order valence-corrected chi connectivity index (χ4v) is 1.43. The predicted molar refractivity (Wildman–Crippen MR) is 40.5 cm³/mol. The summed E-state index contributed by atoms with van der Waals surface area (Å²) in [5.74, 6) is -1.85. The predicted octanol–water partition coefficient (Wildman–Crippen LogP) is 0.580. The summed E-state index contributed by atoms with van der Waals surface area (Å²) in [5, 5.41) is 8.80. The molecule has 0 unspecified atom stereocenters. The first-order chi connectivity index (χ1) is 5.49. The van der Waals surface area contributed by atoms with Crippen LogP contribution in [-0.4, -0.2) is 24.2 Å². The summed E-state index contributed by atoms with van der Waals surface area (Å²) in [6.45, 7) is 3.25. The average Bonchev–Trinajstić information content (AvgIpc) is 2.55. The summed E-state index contributed by atoms with van der Waals surface area (Å²) in [6.07, 6.45) is 0. The van der Waals surface area contributed by atoms with Crippen LogP contribution in [0, 0.1) is 5.41 Å². The Morgan fingerprint density at radius 3 is 1.83 bits per heavy atom. The molecule has 0 amide bonds. The maximum absolute atomic E-state index is 11.1. The second kappa shape index (κ2) is 2.33. The van der Waals surface area contributed by atoms with E-state index < -0.39 is 17.4 Å². The first kappa shape index (κ1) is 8.77. The summed E-state index contributed by atoms with van der Waals surface area (Å²) >= 11 is 0. The lowest BCUT2D eigenvalue weighted by molar-refractivity contribution is -0.158. The number of aliphatic carboxylic acids is 1. The number of methoxy groups -OCH3 is 1. The minimum Gasteiger partial charge on any atom is -0.480 e. The second-order valence-electron chi connectivity index (χ2n) is 2.80. The summed E-state index contributed by atoms with van der Waals surface area (Å²) in [6, 6.07) is 0. The van der Waals surface area contributed by atoms with Crippen molar-refractivity contribution in [3.05, 3.63) is 11.1 Å². The Morgan fingerprint density at radius 1 is 1.33 bits per heavy atom. The molecule has 66 valence electrons. The van der Waals surface area contributed by atoms with Gasteiger partial charge in [0.1, 0.15) is 0 Å². The van der Waals surface area contributed by atoms with E-state index in [1.807, 2.05) is 0 Å². The van der Waals surface area contributed by atoms with Crippen LogP contribution in [0.4, 0.5) is 0 Å². The van der Waals surface area contributed by atoms with Gasteiger partial charge < -0.3 is 9.84 Å². The van der Waals surface area contributed by atoms with Crippen molar-refractivity contribution in [3.63, 3.8) is 0 Å². The van der Waals surface area contributed by atoms with Gasteiger partial charge in [0, 0.05) is 0 Å². The highest BCUT2D eigenvalue weighted by molar-refractivity contribution is 6.11. The zero-order valence-corrected chi connectivity index (χ0v) is 7.17. The molecule has 0 heterocycles. The van der Waals surface area contributed by atoms with Crippen molar-refractivity contribution in [1.29, 1.82) is 0 Å². The van der Waals surface area contributed by atoms with Crippen molar-refractivity contribution in [2.75, 3.05) is 7.11 Å². The minimum atomic E-state index is -1.44. The van der Waals surface area contributed by atoms with Crippen LogP contribution in [0.2, 0.25) is 0 Å². The quantitative estimate of drug-likeness (QED) is 0.374. The van der Waals surface area contributed by atoms with Crippen molar-refractivity contribution in [1.82, 2.24) is 0 Å². The van der Waals surface area contributed by atoms with Gasteiger partial charge in [-0.25, -0.2) is 0 Å². The van der Waals surface area contributed by atoms with Gasteiger partial charge in [-0.2, -0.15) is 0 Å². The number of rotatable bonds is 2. The van der Waals surface area contributed by atoms with E-state index in [2.05, 4.69) is 4.74 Å². The van der Waals surface area contributed by atoms with Crippen molar-refractivity contribution >= 4 is 11.9 Å². The Balaban J connectivity index is 2.97. The molecule has 0 saturated heterocycles. The van der Waals surface area contributed by atoms with Gasteiger partial charge in [-0.05, 0) is 25.0 Å². The van der Waals surface area contributed by atoms with E-state index in [-0.39, 0.29) is 0 Å². The highest BCUT2D eigenvalue weighted by Crippen LogP contribution is 2.53. The SMILES string of the molecule is COC(=O)C1(C(=O)O)C(C)=C1C. The molecule has 4 heteroatoms. The number of carboxylic acids is 1. The third kappa shape index (κ3) is 0.719. The van der Waals surface area contributed by atoms with Crippen LogP contribution in [-0.2, 0) is 14.3 Å². The maximum atomic E-state index is 11.1. The smallest absolute Gasteiger partial charge is 0.331 e. The Hall–Kier alpha value is -1.32. The molecule has 1 N–H and O–H groups in total. The third-order valence-electron chi connectivity index (χ3n) is 2.44. The highest BCUT2D eigenvalue weighted by atomic mass is 16.5. The van der Waals surface area contributed by atoms with Gasteiger partial charge in [-0.1, -0.05) is 0 Å². The lowest BCUT2D eigenvalue weighted by atomic mass is 9.99. The first-order valence-corrected chi connectivity index (χ1v) is 3.49. The van der Waals surface area contributed by atoms with E-state index in [0.29, 0.717) is 11.1 Å². The number of carbonyl (C=O) groups excluding carboxylic acids is 1. The first-order valence-electron chi connectivity index (χ1n) is 3.49. The molecule has 0 aromatic rings. The number of esters is 1. The van der Waals surface area contributed by atoms with E-state index in [1.165, 1.54) is 7.11 Å². The van der Waals surface area contributed by atoms with Gasteiger partial charge >= 0.3 is 11.9 Å². The molecule has 0 atom stereocenters. The highest BCUT2D eigenvalue weighted by Gasteiger charge is 2.62. The van der Waals surface area contributed by atoms with E-state index in [9.17, 15) is 9.59 Å². The molecular weight excluding hydrogens is 160 g/mol. The van der Waals surface area contributed by atoms with Gasteiger partial charge in [0.25, 0.3) is 0 Å². The molecule has 0 aliphatic heterocycles. The summed E-state index contributed by atoms with van der Waals surface area (Å²) in [5.41, 5.74) is -0.266. The number of hydrogen-bond acceptors (Lipinski definition) is 3. The zero-order chi connectivity index (χ0) is 9.52. The number of carboxylic acid groups (broad SMARTS) is 1. The summed E-state index contributed by atoms with van der Waals surface area (Å²) in [4.78, 5) is 21.9. The lowest BCUT2D eigenvalue weighted by Crippen LogP contribution is -2.31. The second-order valence-corrected chi connectivity index (χ2v) is 2.80. The average molecular weight is 170 g/mol. The molecule has 0 bridgehead atoms. The van der Waals surface area contributed by atoms with Gasteiger partial charge in [0.05, 0.1) is 7.11 Å². The topological polar surface area (TPSA) is 63.6 Å². The normalized spacial score (nSPS) is 18.9. The summed E-state index contributed by atoms with van der Waals surface area (Å²) in [7, 11) is 1.19. The lowest BCUT2D eigenvalue weighted by Gasteiger charge is -2.09. The van der Waals surface area contributed by atoms with Gasteiger partial charge in [0.15, 0.2) is 0 Å². The monoisotopic (exact) mass is 170 g/mol. The van der Waals surface area contributed by atoms with E-state index in [1.54, 1.807) is 13.8 Å². The molecule has 0 aromatic carbocycles. The third-order valence-corrected chi connectivity index (χ3v) is 2.44. The van der Waals surface area contributed by atoms with Crippen molar-refractivity contribution in [2.45, 2.75) is 13.8 Å². The minimum absolute atomic E-state index is 0.585. The zero-order valence-electron chi connectivity index (χ0n) is 7.17. The van der Waals surface area contributed by atoms with Gasteiger partial charge in [-0.15, -0.1) is 0 Å². The summed E-state index contributed by atoms with van der Waals surface area (Å²) < 4.78 is 4.42. The molecule has 0 fully saturated rings. The maximum Gasteiger partial charge on any atom is 0.331 e. The van der Waals surface area contributed by atoms with Gasteiger partial charge in [-0.3, -0.25) is 9.59 Å². The van der Waals surface area contributed by atoms with Crippen LogP contribution in [0.15, 0.2) is 11.1 Å². The molecule has 4 nitrogen and oxygen atoms in total. The fraction of sp³-hybridized carbons (Fsp3) is 0.500. The van der Waals surface area contributed by atoms with Crippen molar-refractivity contribution in [3.8, 4) is 0 Å². The van der Waals surface area contributed by atoms with Crippen LogP contribution < -0.4 is 0 Å². The molecule has 12 heavy (non-hydrogen) atoms. The molecule has 0 saturated carbocycles. The molecule has 0 radical (unpaired) electrons. The fourth-order valence-electron chi connectivity index (χ4n) is 1.43. The standard InChI is InChI=1S/C8H10O4/c1-4-5(2)8(4,6(9)10)7(11)12-3/h1-3H3,(H,9,10). The van der Waals surface area contributed by atoms with Crippen LogP contribution in [0.5, 0.6) is 0 Å². The molecule has 1 aliphatic carbocycles.